The van der Waals surface area contributed by atoms with Gasteiger partial charge in [-0.2, -0.15) is 18.2 Å². The zero-order valence-electron chi connectivity index (χ0n) is 13.3. The number of benzene rings is 2. The van der Waals surface area contributed by atoms with E-state index < -0.39 is 23.0 Å². The van der Waals surface area contributed by atoms with Crippen molar-refractivity contribution in [1.82, 2.24) is 14.5 Å². The first-order valence-corrected chi connectivity index (χ1v) is 8.05. The summed E-state index contributed by atoms with van der Waals surface area (Å²) in [5.74, 6) is -0.0576. The Morgan fingerprint density at radius 1 is 1.04 bits per heavy atom. The minimum absolute atomic E-state index is 0.0576. The van der Waals surface area contributed by atoms with E-state index in [0.717, 1.165) is 12.1 Å². The Kier molecular flexibility index (Phi) is 3.81. The number of H-pyrrole nitrogens is 1. The van der Waals surface area contributed by atoms with E-state index in [9.17, 15) is 22.8 Å². The Hall–Kier alpha value is -3.13. The molecule has 0 radical (unpaired) electrons. The number of pyridine rings is 1. The second kappa shape index (κ2) is 5.95. The fourth-order valence-corrected chi connectivity index (χ4v) is 3.10. The van der Waals surface area contributed by atoms with Crippen molar-refractivity contribution >= 4 is 22.5 Å². The molecule has 0 spiro atoms. The number of hydrogen-bond donors (Lipinski definition) is 1. The highest BCUT2D eigenvalue weighted by atomic mass is 35.5. The van der Waals surface area contributed by atoms with E-state index in [-0.39, 0.29) is 17.1 Å². The zero-order chi connectivity index (χ0) is 19.3. The first-order chi connectivity index (χ1) is 12.7. The van der Waals surface area contributed by atoms with Crippen LogP contribution in [0.25, 0.3) is 28.0 Å². The average molecular weight is 392 g/mol. The number of aromatic amines is 1. The molecule has 2 aliphatic rings. The van der Waals surface area contributed by atoms with Gasteiger partial charge in [0, 0.05) is 10.7 Å². The summed E-state index contributed by atoms with van der Waals surface area (Å²) in [5.41, 5.74) is -1.86. The second-order valence-electron chi connectivity index (χ2n) is 5.84. The molecule has 27 heavy (non-hydrogen) atoms. The summed E-state index contributed by atoms with van der Waals surface area (Å²) >= 11 is 6.05. The van der Waals surface area contributed by atoms with E-state index in [1.54, 1.807) is 12.1 Å². The molecule has 2 aromatic carbocycles. The Bertz CT molecular complexity index is 1280. The third-order valence-corrected chi connectivity index (χ3v) is 4.33. The molecule has 2 aliphatic heterocycles. The van der Waals surface area contributed by atoms with Crippen molar-refractivity contribution in [3.8, 4) is 17.1 Å². The number of aromatic nitrogens is 3. The van der Waals surface area contributed by atoms with Crippen LogP contribution in [0.2, 0.25) is 5.02 Å². The van der Waals surface area contributed by atoms with Gasteiger partial charge in [-0.1, -0.05) is 23.7 Å². The van der Waals surface area contributed by atoms with Crippen LogP contribution >= 0.6 is 11.6 Å². The van der Waals surface area contributed by atoms with Crippen molar-refractivity contribution in [2.45, 2.75) is 6.18 Å². The molecule has 9 heteroatoms. The normalized spacial score (nSPS) is 12.0. The predicted molar refractivity (Wildman–Crippen MR) is 94.6 cm³/mol. The molecule has 0 saturated heterocycles. The molecule has 5 nitrogen and oxygen atoms in total. The molecule has 2 aromatic rings. The minimum Gasteiger partial charge on any atom is -0.294 e. The van der Waals surface area contributed by atoms with E-state index in [4.69, 9.17) is 11.6 Å². The lowest BCUT2D eigenvalue weighted by Crippen LogP contribution is -2.27. The fraction of sp³-hybridized carbons (Fsp3) is 0.0556. The number of nitrogens with one attached hydrogen (secondary N) is 1. The van der Waals surface area contributed by atoms with Crippen LogP contribution in [0.15, 0.2) is 58.1 Å². The standard InChI is InChI=1S/C18H9ClF3N3O2/c19-11-5-4-9-6-13-15(23-17(27)24-16(13)26)25(14(9)8-11)12-3-1-2-10(7-12)18(20,21)22/h1-8H,(H,24,26,27). The Morgan fingerprint density at radius 3 is 2.56 bits per heavy atom. The Balaban J connectivity index is 2.19. The molecule has 0 atom stereocenters. The summed E-state index contributed by atoms with van der Waals surface area (Å²) < 4.78 is 40.8. The smallest absolute Gasteiger partial charge is 0.294 e. The van der Waals surface area contributed by atoms with E-state index in [0.29, 0.717) is 15.9 Å². The Morgan fingerprint density at radius 2 is 1.81 bits per heavy atom. The van der Waals surface area contributed by atoms with Gasteiger partial charge in [0.2, 0.25) is 0 Å². The molecule has 1 N–H and O–H groups in total. The van der Waals surface area contributed by atoms with Crippen LogP contribution in [0.1, 0.15) is 5.56 Å². The van der Waals surface area contributed by atoms with Gasteiger partial charge in [-0.05, 0) is 41.8 Å². The van der Waals surface area contributed by atoms with Crippen molar-refractivity contribution in [2.75, 3.05) is 0 Å². The SMILES string of the molecule is O=c1nc2n(-c3cccc(C(F)(F)F)c3)c3cc(Cl)ccc3cc-2c(=O)[nH]1. The fourth-order valence-electron chi connectivity index (χ4n) is 2.94. The second-order valence-corrected chi connectivity index (χ2v) is 6.28. The maximum atomic E-state index is 13.2. The highest BCUT2D eigenvalue weighted by Gasteiger charge is 2.31. The third kappa shape index (κ3) is 2.97. The van der Waals surface area contributed by atoms with Gasteiger partial charge in [0.05, 0.1) is 16.6 Å². The number of nitrogens with zero attached hydrogens (tertiary/aromatic N) is 2. The monoisotopic (exact) mass is 391 g/mol. The van der Waals surface area contributed by atoms with Crippen LogP contribution < -0.4 is 11.2 Å². The molecule has 0 unspecified atom stereocenters. The maximum Gasteiger partial charge on any atom is 0.416 e. The number of hydrogen-bond acceptors (Lipinski definition) is 3. The summed E-state index contributed by atoms with van der Waals surface area (Å²) in [6, 6.07) is 10.8. The molecule has 0 bridgehead atoms. The summed E-state index contributed by atoms with van der Waals surface area (Å²) in [7, 11) is 0. The average Bonchev–Trinajstić information content (AvgIpc) is 2.59. The van der Waals surface area contributed by atoms with Crippen LogP contribution in [0, 0.1) is 0 Å². The van der Waals surface area contributed by atoms with Crippen LogP contribution in [-0.4, -0.2) is 14.5 Å². The topological polar surface area (TPSA) is 67.8 Å². The number of rotatable bonds is 1. The van der Waals surface area contributed by atoms with E-state index in [2.05, 4.69) is 9.97 Å². The van der Waals surface area contributed by atoms with Gasteiger partial charge >= 0.3 is 11.9 Å². The highest BCUT2D eigenvalue weighted by Crippen LogP contribution is 2.33. The van der Waals surface area contributed by atoms with Crippen LogP contribution in [0.5, 0.6) is 0 Å². The lowest BCUT2D eigenvalue weighted by Gasteiger charge is -2.18. The quantitative estimate of drug-likeness (QED) is 0.501. The van der Waals surface area contributed by atoms with Gasteiger partial charge in [0.1, 0.15) is 0 Å². The van der Waals surface area contributed by atoms with Gasteiger partial charge in [0.15, 0.2) is 5.82 Å². The number of halogens is 4. The maximum absolute atomic E-state index is 13.2. The molecule has 136 valence electrons. The van der Waals surface area contributed by atoms with Crippen molar-refractivity contribution < 1.29 is 13.2 Å². The first kappa shape index (κ1) is 17.3. The van der Waals surface area contributed by atoms with Crippen LogP contribution in [0.3, 0.4) is 0 Å². The van der Waals surface area contributed by atoms with E-state index in [1.807, 2.05) is 0 Å². The molecule has 0 amide bonds. The zero-order valence-corrected chi connectivity index (χ0v) is 14.1. The molecule has 2 heterocycles. The van der Waals surface area contributed by atoms with E-state index in [1.165, 1.54) is 28.8 Å². The predicted octanol–water partition coefficient (Wildman–Crippen LogP) is 3.85. The van der Waals surface area contributed by atoms with Crippen molar-refractivity contribution in [2.24, 2.45) is 0 Å². The van der Waals surface area contributed by atoms with Gasteiger partial charge < -0.3 is 0 Å². The lowest BCUT2D eigenvalue weighted by molar-refractivity contribution is -0.137. The molecule has 4 rings (SSSR count). The highest BCUT2D eigenvalue weighted by molar-refractivity contribution is 6.31. The summed E-state index contributed by atoms with van der Waals surface area (Å²) in [5, 5.41) is 0.894. The summed E-state index contributed by atoms with van der Waals surface area (Å²) in [6.07, 6.45) is -4.55. The molecule has 0 aliphatic carbocycles. The molecule has 0 aromatic heterocycles. The van der Waals surface area contributed by atoms with Crippen molar-refractivity contribution in [1.29, 1.82) is 0 Å². The largest absolute Gasteiger partial charge is 0.416 e. The van der Waals surface area contributed by atoms with Crippen molar-refractivity contribution in [3.05, 3.63) is 80.0 Å². The number of alkyl halides is 3. The number of fused-ring (bicyclic) bond motifs is 2. The third-order valence-electron chi connectivity index (χ3n) is 4.09. The van der Waals surface area contributed by atoms with E-state index >= 15 is 0 Å². The summed E-state index contributed by atoms with van der Waals surface area (Å²) in [4.78, 5) is 29.8. The first-order valence-electron chi connectivity index (χ1n) is 7.67. The van der Waals surface area contributed by atoms with Gasteiger partial charge in [-0.25, -0.2) is 4.79 Å². The molecule has 0 saturated carbocycles. The van der Waals surface area contributed by atoms with Crippen LogP contribution in [0.4, 0.5) is 13.2 Å². The minimum atomic E-state index is -4.55. The van der Waals surface area contributed by atoms with Gasteiger partial charge in [-0.15, -0.1) is 0 Å². The molecule has 0 fully saturated rings. The Labute approximate surface area is 154 Å². The molecular weight excluding hydrogens is 383 g/mol. The van der Waals surface area contributed by atoms with Crippen LogP contribution in [-0.2, 0) is 6.18 Å². The van der Waals surface area contributed by atoms with Gasteiger partial charge in [0.25, 0.3) is 5.56 Å². The van der Waals surface area contributed by atoms with Crippen molar-refractivity contribution in [3.63, 3.8) is 0 Å². The lowest BCUT2D eigenvalue weighted by atomic mass is 10.1. The van der Waals surface area contributed by atoms with Gasteiger partial charge in [-0.3, -0.25) is 14.3 Å². The summed E-state index contributed by atoms with van der Waals surface area (Å²) in [6.45, 7) is 0. The molecular formula is C18H9ClF3N3O2.